The molecule has 1 aromatic carbocycles. The first-order valence-electron chi connectivity index (χ1n) is 5.53. The van der Waals surface area contributed by atoms with Crippen molar-refractivity contribution in [2.45, 2.75) is 18.9 Å². The van der Waals surface area contributed by atoms with Crippen LogP contribution in [0.5, 0.6) is 0 Å². The average Bonchev–Trinajstić information content (AvgIpc) is 2.69. The highest BCUT2D eigenvalue weighted by Crippen LogP contribution is 2.26. The van der Waals surface area contributed by atoms with E-state index >= 15 is 0 Å². The lowest BCUT2D eigenvalue weighted by atomic mass is 10.0. The molecule has 0 bridgehead atoms. The van der Waals surface area contributed by atoms with Crippen LogP contribution in [0.25, 0.3) is 0 Å². The van der Waals surface area contributed by atoms with Gasteiger partial charge in [0.15, 0.2) is 0 Å². The van der Waals surface area contributed by atoms with Crippen molar-refractivity contribution in [3.05, 3.63) is 35.9 Å². The molecular formula is C12H16N2O2. The molecule has 1 aliphatic rings. The summed E-state index contributed by atoms with van der Waals surface area (Å²) in [6, 6.07) is 10.1. The number of amides is 1. The number of benzene rings is 1. The molecule has 0 saturated carbocycles. The molecule has 4 heteroatoms. The third-order valence-electron chi connectivity index (χ3n) is 2.76. The fourth-order valence-electron chi connectivity index (χ4n) is 2.00. The van der Waals surface area contributed by atoms with Crippen LogP contribution in [-0.4, -0.2) is 29.2 Å². The van der Waals surface area contributed by atoms with Crippen LogP contribution in [0, 0.1) is 0 Å². The lowest BCUT2D eigenvalue weighted by molar-refractivity contribution is -0.121. The molecule has 0 spiro atoms. The van der Waals surface area contributed by atoms with Crippen LogP contribution in [0.4, 0.5) is 0 Å². The Morgan fingerprint density at radius 1 is 1.38 bits per heavy atom. The molecule has 86 valence electrons. The highest BCUT2D eigenvalue weighted by atomic mass is 16.3. The second-order valence-electron chi connectivity index (χ2n) is 3.94. The normalized spacial score (nSPS) is 21.1. The zero-order chi connectivity index (χ0) is 11.4. The van der Waals surface area contributed by atoms with E-state index in [4.69, 9.17) is 5.11 Å². The van der Waals surface area contributed by atoms with Crippen molar-refractivity contribution < 1.29 is 9.90 Å². The number of hydrogen-bond acceptors (Lipinski definition) is 3. The molecule has 0 radical (unpaired) electrons. The van der Waals surface area contributed by atoms with Crippen LogP contribution in [0.15, 0.2) is 30.3 Å². The quantitative estimate of drug-likeness (QED) is 0.791. The van der Waals surface area contributed by atoms with Gasteiger partial charge in [-0.2, -0.15) is 0 Å². The number of hydrazine groups is 1. The highest BCUT2D eigenvalue weighted by Gasteiger charge is 2.30. The molecule has 2 rings (SSSR count). The van der Waals surface area contributed by atoms with Gasteiger partial charge in [-0.1, -0.05) is 30.3 Å². The Morgan fingerprint density at radius 3 is 2.81 bits per heavy atom. The van der Waals surface area contributed by atoms with E-state index in [9.17, 15) is 4.79 Å². The van der Waals surface area contributed by atoms with E-state index in [1.807, 2.05) is 35.3 Å². The summed E-state index contributed by atoms with van der Waals surface area (Å²) in [5, 5.41) is 10.7. The van der Waals surface area contributed by atoms with Crippen molar-refractivity contribution >= 4 is 5.91 Å². The number of nitrogens with one attached hydrogen (secondary N) is 1. The van der Waals surface area contributed by atoms with Gasteiger partial charge in [-0.05, 0) is 12.0 Å². The van der Waals surface area contributed by atoms with Gasteiger partial charge in [-0.25, -0.2) is 5.01 Å². The molecule has 1 amide bonds. The van der Waals surface area contributed by atoms with Gasteiger partial charge in [-0.15, -0.1) is 0 Å². The smallest absolute Gasteiger partial charge is 0.236 e. The summed E-state index contributed by atoms with van der Waals surface area (Å²) in [5.41, 5.74) is 3.96. The first-order valence-corrected chi connectivity index (χ1v) is 5.53. The number of aliphatic hydroxyl groups excluding tert-OH is 1. The van der Waals surface area contributed by atoms with Crippen LogP contribution in [0.2, 0.25) is 0 Å². The minimum atomic E-state index is 0.0480. The fourth-order valence-corrected chi connectivity index (χ4v) is 2.00. The predicted molar refractivity (Wildman–Crippen MR) is 60.4 cm³/mol. The van der Waals surface area contributed by atoms with Gasteiger partial charge >= 0.3 is 0 Å². The molecule has 2 N–H and O–H groups in total. The Hall–Kier alpha value is -1.39. The summed E-state index contributed by atoms with van der Waals surface area (Å²) in [6.45, 7) is 0.829. The van der Waals surface area contributed by atoms with E-state index < -0.39 is 0 Å². The highest BCUT2D eigenvalue weighted by molar-refractivity contribution is 5.78. The van der Waals surface area contributed by atoms with Crippen molar-refractivity contribution in [1.82, 2.24) is 10.4 Å². The minimum Gasteiger partial charge on any atom is -0.396 e. The van der Waals surface area contributed by atoms with Gasteiger partial charge < -0.3 is 5.11 Å². The SMILES string of the molecule is O=C1CC(c2ccccc2)N(CCCO)N1. The minimum absolute atomic E-state index is 0.0480. The van der Waals surface area contributed by atoms with Crippen LogP contribution < -0.4 is 5.43 Å². The Bertz CT molecular complexity index is 353. The first kappa shape index (κ1) is 11.1. The fraction of sp³-hybridized carbons (Fsp3) is 0.417. The van der Waals surface area contributed by atoms with Crippen LogP contribution in [0.1, 0.15) is 24.4 Å². The monoisotopic (exact) mass is 220 g/mol. The molecular weight excluding hydrogens is 204 g/mol. The third-order valence-corrected chi connectivity index (χ3v) is 2.76. The van der Waals surface area contributed by atoms with E-state index in [2.05, 4.69) is 5.43 Å². The van der Waals surface area contributed by atoms with Gasteiger partial charge in [0.2, 0.25) is 5.91 Å². The predicted octanol–water partition coefficient (Wildman–Crippen LogP) is 0.847. The molecule has 0 aromatic heterocycles. The Labute approximate surface area is 94.9 Å². The summed E-state index contributed by atoms with van der Waals surface area (Å²) >= 11 is 0. The number of aliphatic hydroxyl groups is 1. The van der Waals surface area contributed by atoms with Gasteiger partial charge in [0.1, 0.15) is 0 Å². The van der Waals surface area contributed by atoms with E-state index in [0.717, 1.165) is 5.56 Å². The van der Waals surface area contributed by atoms with Crippen LogP contribution in [-0.2, 0) is 4.79 Å². The number of hydrogen-bond donors (Lipinski definition) is 2. The molecule has 0 aliphatic carbocycles. The Balaban J connectivity index is 2.09. The molecule has 1 aromatic rings. The van der Waals surface area contributed by atoms with Crippen molar-refractivity contribution in [1.29, 1.82) is 0 Å². The van der Waals surface area contributed by atoms with E-state index in [-0.39, 0.29) is 18.6 Å². The summed E-state index contributed by atoms with van der Waals surface area (Å²) in [6.07, 6.45) is 1.17. The number of carbonyl (C=O) groups is 1. The van der Waals surface area contributed by atoms with Crippen LogP contribution >= 0.6 is 0 Å². The van der Waals surface area contributed by atoms with E-state index in [1.54, 1.807) is 0 Å². The zero-order valence-electron chi connectivity index (χ0n) is 9.10. The standard InChI is InChI=1S/C12H16N2O2/c15-8-4-7-14-11(9-12(16)13-14)10-5-2-1-3-6-10/h1-3,5-6,11,15H,4,7-9H2,(H,13,16). The molecule has 16 heavy (non-hydrogen) atoms. The lowest BCUT2D eigenvalue weighted by Crippen LogP contribution is -2.35. The topological polar surface area (TPSA) is 52.6 Å². The Kier molecular flexibility index (Phi) is 3.54. The largest absolute Gasteiger partial charge is 0.396 e. The molecule has 1 heterocycles. The maximum absolute atomic E-state index is 11.4. The molecule has 1 fully saturated rings. The van der Waals surface area contributed by atoms with Gasteiger partial charge in [0.25, 0.3) is 0 Å². The van der Waals surface area contributed by atoms with Gasteiger partial charge in [0.05, 0.1) is 6.04 Å². The maximum atomic E-state index is 11.4. The summed E-state index contributed by atoms with van der Waals surface area (Å²) < 4.78 is 0. The summed E-state index contributed by atoms with van der Waals surface area (Å²) in [7, 11) is 0. The molecule has 1 saturated heterocycles. The van der Waals surface area contributed by atoms with Crippen LogP contribution in [0.3, 0.4) is 0 Å². The summed E-state index contributed by atoms with van der Waals surface area (Å²) in [5.74, 6) is 0.0480. The third kappa shape index (κ3) is 2.40. The van der Waals surface area contributed by atoms with Crippen molar-refractivity contribution in [2.24, 2.45) is 0 Å². The van der Waals surface area contributed by atoms with Gasteiger partial charge in [-0.3, -0.25) is 10.2 Å². The van der Waals surface area contributed by atoms with Crippen molar-refractivity contribution in [3.8, 4) is 0 Å². The average molecular weight is 220 g/mol. The zero-order valence-corrected chi connectivity index (χ0v) is 9.10. The molecule has 1 unspecified atom stereocenters. The number of rotatable bonds is 4. The number of carbonyl (C=O) groups excluding carboxylic acids is 1. The Morgan fingerprint density at radius 2 is 2.12 bits per heavy atom. The first-order chi connectivity index (χ1) is 7.81. The second kappa shape index (κ2) is 5.09. The second-order valence-corrected chi connectivity index (χ2v) is 3.94. The number of nitrogens with zero attached hydrogens (tertiary/aromatic N) is 1. The molecule has 1 atom stereocenters. The molecule has 4 nitrogen and oxygen atoms in total. The van der Waals surface area contributed by atoms with E-state index in [1.165, 1.54) is 0 Å². The molecule has 1 aliphatic heterocycles. The van der Waals surface area contributed by atoms with E-state index in [0.29, 0.717) is 19.4 Å². The van der Waals surface area contributed by atoms with Crippen molar-refractivity contribution in [3.63, 3.8) is 0 Å². The maximum Gasteiger partial charge on any atom is 0.236 e. The lowest BCUT2D eigenvalue weighted by Gasteiger charge is -2.23. The van der Waals surface area contributed by atoms with Crippen molar-refractivity contribution in [2.75, 3.05) is 13.2 Å². The summed E-state index contributed by atoms with van der Waals surface area (Å²) in [4.78, 5) is 11.4. The van der Waals surface area contributed by atoms with Gasteiger partial charge in [0, 0.05) is 19.6 Å².